The summed E-state index contributed by atoms with van der Waals surface area (Å²) in [5.74, 6) is -0.904. The maximum absolute atomic E-state index is 11.8. The molecule has 0 spiro atoms. The van der Waals surface area contributed by atoms with Crippen molar-refractivity contribution in [3.63, 3.8) is 0 Å². The van der Waals surface area contributed by atoms with Gasteiger partial charge in [0.25, 0.3) is 5.91 Å². The summed E-state index contributed by atoms with van der Waals surface area (Å²) in [4.78, 5) is 15.7. The number of pyridine rings is 1. The first kappa shape index (κ1) is 16.8. The molecular weight excluding hydrogens is 291 g/mol. The molecule has 0 radical (unpaired) electrons. The van der Waals surface area contributed by atoms with Crippen LogP contribution in [0.3, 0.4) is 0 Å². The molecule has 1 aliphatic heterocycles. The lowest BCUT2D eigenvalue weighted by Crippen LogP contribution is -2.48. The molecule has 8 nitrogen and oxygen atoms in total. The third-order valence-electron chi connectivity index (χ3n) is 3.83. The molecule has 22 heavy (non-hydrogen) atoms. The summed E-state index contributed by atoms with van der Waals surface area (Å²) in [6, 6.07) is 1.44. The SMILES string of the molecule is CC1(C)OB(c2cncc(C(=O)NC(O)(O)O)c2)OC1(C)C. The van der Waals surface area contributed by atoms with Gasteiger partial charge in [0, 0.05) is 17.9 Å². The van der Waals surface area contributed by atoms with E-state index in [1.165, 1.54) is 18.5 Å². The fourth-order valence-electron chi connectivity index (χ4n) is 1.91. The van der Waals surface area contributed by atoms with E-state index in [0.29, 0.717) is 5.46 Å². The van der Waals surface area contributed by atoms with Crippen LogP contribution in [0.2, 0.25) is 0 Å². The van der Waals surface area contributed by atoms with Crippen LogP contribution in [-0.2, 0) is 9.31 Å². The normalized spacial score (nSPS) is 20.0. The van der Waals surface area contributed by atoms with Crippen molar-refractivity contribution in [2.75, 3.05) is 0 Å². The topological polar surface area (TPSA) is 121 Å². The van der Waals surface area contributed by atoms with Gasteiger partial charge in [-0.15, -0.1) is 0 Å². The first-order valence-corrected chi connectivity index (χ1v) is 6.71. The summed E-state index contributed by atoms with van der Waals surface area (Å²) in [7, 11) is -0.701. The highest BCUT2D eigenvalue weighted by Crippen LogP contribution is 2.36. The van der Waals surface area contributed by atoms with Gasteiger partial charge >= 0.3 is 13.2 Å². The van der Waals surface area contributed by atoms with Crippen molar-refractivity contribution in [2.45, 2.75) is 45.0 Å². The Morgan fingerprint density at radius 1 is 1.18 bits per heavy atom. The Kier molecular flexibility index (Phi) is 4.05. The second-order valence-corrected chi connectivity index (χ2v) is 6.18. The summed E-state index contributed by atoms with van der Waals surface area (Å²) in [6.07, 6.45) is -0.587. The molecule has 120 valence electrons. The van der Waals surface area contributed by atoms with Gasteiger partial charge in [-0.25, -0.2) is 0 Å². The Morgan fingerprint density at radius 2 is 1.73 bits per heavy atom. The third kappa shape index (κ3) is 3.45. The van der Waals surface area contributed by atoms with Crippen molar-refractivity contribution >= 4 is 18.5 Å². The van der Waals surface area contributed by atoms with E-state index >= 15 is 0 Å². The Hall–Kier alpha value is -1.52. The smallest absolute Gasteiger partial charge is 0.399 e. The minimum absolute atomic E-state index is 0.0220. The Balaban J connectivity index is 2.22. The maximum atomic E-state index is 11.8. The Bertz CT molecular complexity index is 568. The van der Waals surface area contributed by atoms with Gasteiger partial charge in [0.2, 0.25) is 0 Å². The molecule has 0 bridgehead atoms. The summed E-state index contributed by atoms with van der Waals surface area (Å²) in [6.45, 7) is 7.59. The molecule has 2 rings (SSSR count). The number of nitrogens with zero attached hydrogens (tertiary/aromatic N) is 1. The van der Waals surface area contributed by atoms with Gasteiger partial charge in [-0.05, 0) is 33.8 Å². The quantitative estimate of drug-likeness (QED) is 0.404. The minimum atomic E-state index is -3.29. The molecule has 1 fully saturated rings. The number of aliphatic hydroxyl groups is 3. The van der Waals surface area contributed by atoms with Gasteiger partial charge in [-0.2, -0.15) is 0 Å². The van der Waals surface area contributed by atoms with Crippen LogP contribution in [0.4, 0.5) is 0 Å². The van der Waals surface area contributed by atoms with E-state index in [0.717, 1.165) is 0 Å². The van der Waals surface area contributed by atoms with E-state index in [4.69, 9.17) is 24.6 Å². The number of nitrogens with one attached hydrogen (secondary N) is 1. The molecule has 1 aromatic heterocycles. The van der Waals surface area contributed by atoms with E-state index in [9.17, 15) is 4.79 Å². The second-order valence-electron chi connectivity index (χ2n) is 6.18. The first-order chi connectivity index (χ1) is 9.91. The van der Waals surface area contributed by atoms with Crippen LogP contribution in [0.1, 0.15) is 38.1 Å². The van der Waals surface area contributed by atoms with Crippen LogP contribution < -0.4 is 10.8 Å². The van der Waals surface area contributed by atoms with Crippen molar-refractivity contribution in [2.24, 2.45) is 0 Å². The molecule has 4 N–H and O–H groups in total. The zero-order chi connectivity index (χ0) is 16.8. The van der Waals surface area contributed by atoms with Gasteiger partial charge in [0.1, 0.15) is 0 Å². The van der Waals surface area contributed by atoms with Crippen molar-refractivity contribution in [3.8, 4) is 0 Å². The van der Waals surface area contributed by atoms with Crippen LogP contribution in [0.25, 0.3) is 0 Å². The molecule has 9 heteroatoms. The monoisotopic (exact) mass is 310 g/mol. The average Bonchev–Trinajstić information content (AvgIpc) is 2.57. The van der Waals surface area contributed by atoms with Gasteiger partial charge in [0.15, 0.2) is 0 Å². The molecule has 0 unspecified atom stereocenters. The average molecular weight is 310 g/mol. The Morgan fingerprint density at radius 3 is 2.23 bits per heavy atom. The zero-order valence-corrected chi connectivity index (χ0v) is 12.8. The minimum Gasteiger partial charge on any atom is -0.399 e. The van der Waals surface area contributed by atoms with E-state index in [2.05, 4.69) is 4.98 Å². The number of amides is 1. The number of rotatable bonds is 3. The second kappa shape index (κ2) is 5.29. The number of aromatic nitrogens is 1. The van der Waals surface area contributed by atoms with Crippen LogP contribution >= 0.6 is 0 Å². The maximum Gasteiger partial charge on any atom is 0.496 e. The van der Waals surface area contributed by atoms with E-state index in [1.54, 1.807) is 5.32 Å². The van der Waals surface area contributed by atoms with E-state index in [1.807, 2.05) is 27.7 Å². The van der Waals surface area contributed by atoms with Gasteiger partial charge < -0.3 is 24.6 Å². The predicted molar refractivity (Wildman–Crippen MR) is 76.8 cm³/mol. The van der Waals surface area contributed by atoms with Crippen LogP contribution in [0.15, 0.2) is 18.5 Å². The fourth-order valence-corrected chi connectivity index (χ4v) is 1.91. The van der Waals surface area contributed by atoms with Crippen LogP contribution in [0, 0.1) is 0 Å². The third-order valence-corrected chi connectivity index (χ3v) is 3.83. The van der Waals surface area contributed by atoms with Crippen molar-refractivity contribution in [1.29, 1.82) is 0 Å². The summed E-state index contributed by atoms with van der Waals surface area (Å²) >= 11 is 0. The highest BCUT2D eigenvalue weighted by Gasteiger charge is 2.51. The fraction of sp³-hybridized carbons (Fsp3) is 0.538. The lowest BCUT2D eigenvalue weighted by molar-refractivity contribution is -0.323. The predicted octanol–water partition coefficient (Wildman–Crippen LogP) is -1.30. The highest BCUT2D eigenvalue weighted by atomic mass is 16.7. The molecule has 0 aliphatic carbocycles. The van der Waals surface area contributed by atoms with Crippen molar-refractivity contribution < 1.29 is 29.4 Å². The molecule has 0 aromatic carbocycles. The van der Waals surface area contributed by atoms with Crippen LogP contribution in [-0.4, -0.2) is 50.6 Å². The van der Waals surface area contributed by atoms with Crippen molar-refractivity contribution in [3.05, 3.63) is 24.0 Å². The molecule has 0 saturated carbocycles. The van der Waals surface area contributed by atoms with Gasteiger partial charge in [-0.3, -0.25) is 15.1 Å². The lowest BCUT2D eigenvalue weighted by atomic mass is 9.80. The van der Waals surface area contributed by atoms with E-state index < -0.39 is 30.3 Å². The largest absolute Gasteiger partial charge is 0.496 e. The summed E-state index contributed by atoms with van der Waals surface area (Å²) in [5, 5.41) is 27.9. The number of carbonyl (C=O) groups excluding carboxylic acids is 1. The summed E-state index contributed by atoms with van der Waals surface area (Å²) in [5.41, 5.74) is -0.543. The van der Waals surface area contributed by atoms with Crippen LogP contribution in [0.5, 0.6) is 0 Å². The lowest BCUT2D eigenvalue weighted by Gasteiger charge is -2.32. The van der Waals surface area contributed by atoms with Gasteiger partial charge in [0.05, 0.1) is 16.8 Å². The van der Waals surface area contributed by atoms with Crippen molar-refractivity contribution in [1.82, 2.24) is 10.3 Å². The number of carbonyl (C=O) groups is 1. The molecule has 1 saturated heterocycles. The molecule has 2 heterocycles. The Labute approximate surface area is 128 Å². The highest BCUT2D eigenvalue weighted by molar-refractivity contribution is 6.62. The van der Waals surface area contributed by atoms with E-state index in [-0.39, 0.29) is 5.56 Å². The number of hydrogen-bond donors (Lipinski definition) is 4. The molecule has 1 aliphatic rings. The zero-order valence-electron chi connectivity index (χ0n) is 12.8. The number of hydrogen-bond acceptors (Lipinski definition) is 7. The first-order valence-electron chi connectivity index (χ1n) is 6.71. The molecule has 1 amide bonds. The molecule has 1 aromatic rings. The van der Waals surface area contributed by atoms with Gasteiger partial charge in [-0.1, -0.05) is 0 Å². The molecular formula is C13H19BN2O6. The molecule has 0 atom stereocenters. The summed E-state index contributed by atoms with van der Waals surface area (Å²) < 4.78 is 11.7. The standard InChI is InChI=1S/C13H19BN2O6/c1-11(2)12(3,4)22-14(21-11)9-5-8(6-15-7-9)10(17)16-13(18,19)20/h5-7,18-20H,1-4H3,(H,16,17).